The Hall–Kier alpha value is -1.93. The Labute approximate surface area is 166 Å². The molecular weight excluding hydrogens is 358 g/mol. The molecule has 1 atom stereocenters. The average molecular weight is 390 g/mol. The minimum atomic E-state index is -0.0533. The molecule has 0 radical (unpaired) electrons. The van der Waals surface area contributed by atoms with E-state index in [0.717, 1.165) is 12.5 Å². The summed E-state index contributed by atoms with van der Waals surface area (Å²) in [6.07, 6.45) is 6.82. The third-order valence-corrected chi connectivity index (χ3v) is 5.95. The van der Waals surface area contributed by atoms with Crippen LogP contribution in [0.3, 0.4) is 0 Å². The van der Waals surface area contributed by atoms with Crippen molar-refractivity contribution in [3.8, 4) is 5.88 Å². The van der Waals surface area contributed by atoms with Crippen molar-refractivity contribution in [3.05, 3.63) is 12.3 Å². The lowest BCUT2D eigenvalue weighted by molar-refractivity contribution is -0.149. The number of rotatable bonds is 8. The Balaban J connectivity index is 1.22. The molecule has 0 bridgehead atoms. The second-order valence-corrected chi connectivity index (χ2v) is 8.22. The van der Waals surface area contributed by atoms with Gasteiger partial charge >= 0.3 is 0 Å². The SMILES string of the molecule is COc1ccnc(NCC2CN(CC3CCN(CC4CC4)CC3)C(=O)CO2)n1. The first-order chi connectivity index (χ1) is 13.7. The van der Waals surface area contributed by atoms with Crippen LogP contribution in [0.25, 0.3) is 0 Å². The fourth-order valence-corrected chi connectivity index (χ4v) is 4.06. The number of aromatic nitrogens is 2. The number of methoxy groups -OCH3 is 1. The Kier molecular flexibility index (Phi) is 6.26. The van der Waals surface area contributed by atoms with E-state index in [2.05, 4.69) is 20.2 Å². The normalized spacial score (nSPS) is 24.4. The molecule has 1 saturated carbocycles. The number of anilines is 1. The van der Waals surface area contributed by atoms with Crippen molar-refractivity contribution < 1.29 is 14.3 Å². The summed E-state index contributed by atoms with van der Waals surface area (Å²) in [7, 11) is 1.58. The van der Waals surface area contributed by atoms with Gasteiger partial charge < -0.3 is 24.6 Å². The first-order valence-electron chi connectivity index (χ1n) is 10.4. The molecule has 1 aromatic rings. The molecule has 0 aromatic carbocycles. The highest BCUT2D eigenvalue weighted by atomic mass is 16.5. The molecule has 28 heavy (non-hydrogen) atoms. The highest BCUT2D eigenvalue weighted by Crippen LogP contribution is 2.31. The molecule has 8 heteroatoms. The van der Waals surface area contributed by atoms with E-state index >= 15 is 0 Å². The van der Waals surface area contributed by atoms with Crippen molar-refractivity contribution in [1.82, 2.24) is 19.8 Å². The Morgan fingerprint density at radius 3 is 2.75 bits per heavy atom. The summed E-state index contributed by atoms with van der Waals surface area (Å²) >= 11 is 0. The van der Waals surface area contributed by atoms with E-state index in [-0.39, 0.29) is 18.6 Å². The number of carbonyl (C=O) groups excluding carboxylic acids is 1. The zero-order chi connectivity index (χ0) is 19.3. The van der Waals surface area contributed by atoms with Gasteiger partial charge in [-0.15, -0.1) is 0 Å². The summed E-state index contributed by atoms with van der Waals surface area (Å²) in [5, 5.41) is 3.19. The lowest BCUT2D eigenvalue weighted by Gasteiger charge is -2.38. The molecule has 1 aliphatic carbocycles. The topological polar surface area (TPSA) is 79.8 Å². The zero-order valence-corrected chi connectivity index (χ0v) is 16.7. The van der Waals surface area contributed by atoms with E-state index in [4.69, 9.17) is 9.47 Å². The van der Waals surface area contributed by atoms with Gasteiger partial charge in [0.15, 0.2) is 0 Å². The first kappa shape index (κ1) is 19.4. The maximum atomic E-state index is 12.3. The molecule has 2 saturated heterocycles. The zero-order valence-electron chi connectivity index (χ0n) is 16.7. The molecule has 3 heterocycles. The van der Waals surface area contributed by atoms with Gasteiger partial charge in [0.1, 0.15) is 6.61 Å². The van der Waals surface area contributed by atoms with Crippen LogP contribution in [0, 0.1) is 11.8 Å². The highest BCUT2D eigenvalue weighted by Gasteiger charge is 2.31. The summed E-state index contributed by atoms with van der Waals surface area (Å²) in [4.78, 5) is 25.4. The van der Waals surface area contributed by atoms with Crippen molar-refractivity contribution in [2.75, 3.05) is 58.3 Å². The second kappa shape index (κ2) is 9.05. The summed E-state index contributed by atoms with van der Waals surface area (Å²) in [5.74, 6) is 2.70. The van der Waals surface area contributed by atoms with Crippen LogP contribution >= 0.6 is 0 Å². The van der Waals surface area contributed by atoms with E-state index in [9.17, 15) is 4.79 Å². The summed E-state index contributed by atoms with van der Waals surface area (Å²) in [6, 6.07) is 1.71. The predicted octanol–water partition coefficient (Wildman–Crippen LogP) is 1.25. The minimum absolute atomic E-state index is 0.0533. The number of amides is 1. The van der Waals surface area contributed by atoms with Crippen LogP contribution in [0.5, 0.6) is 5.88 Å². The summed E-state index contributed by atoms with van der Waals surface area (Å²) in [5.41, 5.74) is 0. The number of carbonyl (C=O) groups is 1. The first-order valence-corrected chi connectivity index (χ1v) is 10.4. The number of hydrogen-bond donors (Lipinski definition) is 1. The smallest absolute Gasteiger partial charge is 0.248 e. The van der Waals surface area contributed by atoms with E-state index in [1.54, 1.807) is 19.4 Å². The van der Waals surface area contributed by atoms with E-state index in [1.807, 2.05) is 4.90 Å². The fourth-order valence-electron chi connectivity index (χ4n) is 4.06. The molecule has 4 rings (SSSR count). The van der Waals surface area contributed by atoms with Gasteiger partial charge in [0.05, 0.1) is 13.2 Å². The van der Waals surface area contributed by atoms with Crippen molar-refractivity contribution in [2.24, 2.45) is 11.8 Å². The van der Waals surface area contributed by atoms with Gasteiger partial charge in [0, 0.05) is 38.4 Å². The quantitative estimate of drug-likeness (QED) is 0.717. The molecule has 0 spiro atoms. The van der Waals surface area contributed by atoms with E-state index in [1.165, 1.54) is 45.3 Å². The van der Waals surface area contributed by atoms with Gasteiger partial charge in [0.25, 0.3) is 0 Å². The van der Waals surface area contributed by atoms with Crippen molar-refractivity contribution in [1.29, 1.82) is 0 Å². The van der Waals surface area contributed by atoms with Crippen LogP contribution in [0.15, 0.2) is 12.3 Å². The fraction of sp³-hybridized carbons (Fsp3) is 0.750. The van der Waals surface area contributed by atoms with Crippen LogP contribution in [0.4, 0.5) is 5.95 Å². The molecule has 1 aromatic heterocycles. The van der Waals surface area contributed by atoms with Crippen molar-refractivity contribution in [3.63, 3.8) is 0 Å². The molecule has 154 valence electrons. The van der Waals surface area contributed by atoms with E-state index < -0.39 is 0 Å². The van der Waals surface area contributed by atoms with Crippen molar-refractivity contribution >= 4 is 11.9 Å². The molecule has 3 aliphatic rings. The number of piperidine rings is 1. The Bertz CT molecular complexity index is 661. The standard InChI is InChI=1S/C20H31N5O3/c1-27-18-4-7-21-20(23-18)22-10-17-13-25(19(26)14-28-17)12-16-5-8-24(9-6-16)11-15-2-3-15/h4,7,15-17H,2-3,5-6,8-14H2,1H3,(H,21,22,23). The maximum absolute atomic E-state index is 12.3. The minimum Gasteiger partial charge on any atom is -0.481 e. The molecule has 1 amide bonds. The molecular formula is C20H31N5O3. The lowest BCUT2D eigenvalue weighted by atomic mass is 9.95. The molecule has 8 nitrogen and oxygen atoms in total. The third kappa shape index (κ3) is 5.32. The maximum Gasteiger partial charge on any atom is 0.248 e. The number of hydrogen-bond acceptors (Lipinski definition) is 7. The third-order valence-electron chi connectivity index (χ3n) is 5.95. The van der Waals surface area contributed by atoms with Gasteiger partial charge in [0.2, 0.25) is 17.7 Å². The van der Waals surface area contributed by atoms with Gasteiger partial charge in [-0.05, 0) is 50.6 Å². The molecule has 3 fully saturated rings. The number of likely N-dealkylation sites (tertiary alicyclic amines) is 1. The molecule has 2 aliphatic heterocycles. The number of nitrogens with one attached hydrogen (secondary N) is 1. The van der Waals surface area contributed by atoms with Gasteiger partial charge in [-0.3, -0.25) is 4.79 Å². The van der Waals surface area contributed by atoms with E-state index in [0.29, 0.717) is 30.8 Å². The van der Waals surface area contributed by atoms with Crippen LogP contribution in [-0.4, -0.2) is 84.8 Å². The second-order valence-electron chi connectivity index (χ2n) is 8.22. The number of morpholine rings is 1. The van der Waals surface area contributed by atoms with Gasteiger partial charge in [-0.25, -0.2) is 4.98 Å². The summed E-state index contributed by atoms with van der Waals surface area (Å²) < 4.78 is 10.8. The number of ether oxygens (including phenoxy) is 2. The average Bonchev–Trinajstić information content (AvgIpc) is 3.54. The number of nitrogens with zero attached hydrogens (tertiary/aromatic N) is 4. The predicted molar refractivity (Wildman–Crippen MR) is 105 cm³/mol. The highest BCUT2D eigenvalue weighted by molar-refractivity contribution is 5.78. The summed E-state index contributed by atoms with van der Waals surface area (Å²) in [6.45, 7) is 5.84. The largest absolute Gasteiger partial charge is 0.481 e. The monoisotopic (exact) mass is 389 g/mol. The Morgan fingerprint density at radius 1 is 1.21 bits per heavy atom. The van der Waals surface area contributed by atoms with Gasteiger partial charge in [-0.1, -0.05) is 0 Å². The van der Waals surface area contributed by atoms with Crippen LogP contribution in [0.1, 0.15) is 25.7 Å². The van der Waals surface area contributed by atoms with Crippen LogP contribution in [-0.2, 0) is 9.53 Å². The Morgan fingerprint density at radius 2 is 2.00 bits per heavy atom. The lowest BCUT2D eigenvalue weighted by Crippen LogP contribution is -2.51. The molecule has 1 N–H and O–H groups in total. The van der Waals surface area contributed by atoms with Crippen LogP contribution in [0.2, 0.25) is 0 Å². The molecule has 1 unspecified atom stereocenters. The van der Waals surface area contributed by atoms with Gasteiger partial charge in [-0.2, -0.15) is 4.98 Å². The van der Waals surface area contributed by atoms with Crippen LogP contribution < -0.4 is 10.1 Å². The van der Waals surface area contributed by atoms with Crippen molar-refractivity contribution in [2.45, 2.75) is 31.8 Å².